The number of aryl methyl sites for hydroxylation is 2. The molecule has 0 bridgehead atoms. The highest BCUT2D eigenvalue weighted by molar-refractivity contribution is 5.27. The van der Waals surface area contributed by atoms with Gasteiger partial charge in [0.25, 0.3) is 0 Å². The standard InChI is InChI=1S/C58H96N4O2/c1-3-5-7-9-11-13-15-17-19-21-23-25-29-33-49-63-57-39-35-55(36-40-57)51-61-47-45-59(53-61)43-31-27-28-32-44-60-46-48-62(54-60)52-56-37-41-58(42-38-56)64-50-34-30-26-24-22-20-18-16-14-12-10-8-6-4-2/h35-42,45-48,53-54H,3-34,43-44,49-52H2,1-2H3/q+2. The molecule has 2 aromatic heterocycles. The van der Waals surface area contributed by atoms with Gasteiger partial charge in [0.2, 0.25) is 12.7 Å². The highest BCUT2D eigenvalue weighted by Gasteiger charge is 2.08. The van der Waals surface area contributed by atoms with Crippen LogP contribution in [0.25, 0.3) is 0 Å². The van der Waals surface area contributed by atoms with Crippen molar-refractivity contribution in [2.45, 2.75) is 245 Å². The average Bonchev–Trinajstić information content (AvgIpc) is 3.97. The minimum Gasteiger partial charge on any atom is -0.494 e. The van der Waals surface area contributed by atoms with Crippen LogP contribution in [0.15, 0.2) is 86.0 Å². The van der Waals surface area contributed by atoms with E-state index in [9.17, 15) is 0 Å². The van der Waals surface area contributed by atoms with Crippen molar-refractivity contribution < 1.29 is 18.6 Å². The number of hydrogen-bond donors (Lipinski definition) is 0. The first-order chi connectivity index (χ1) is 31.7. The van der Waals surface area contributed by atoms with Crippen LogP contribution in [0.2, 0.25) is 0 Å². The zero-order valence-electron chi connectivity index (χ0n) is 41.6. The summed E-state index contributed by atoms with van der Waals surface area (Å²) in [7, 11) is 0. The van der Waals surface area contributed by atoms with Crippen molar-refractivity contribution in [3.8, 4) is 11.5 Å². The first kappa shape index (κ1) is 53.1. The third-order valence-electron chi connectivity index (χ3n) is 13.2. The first-order valence-corrected chi connectivity index (χ1v) is 27.2. The van der Waals surface area contributed by atoms with Crippen molar-refractivity contribution >= 4 is 0 Å². The van der Waals surface area contributed by atoms with Crippen LogP contribution in [0.3, 0.4) is 0 Å². The van der Waals surface area contributed by atoms with Crippen LogP contribution in [0.4, 0.5) is 0 Å². The fourth-order valence-corrected chi connectivity index (χ4v) is 9.05. The smallest absolute Gasteiger partial charge is 0.244 e. The zero-order chi connectivity index (χ0) is 44.8. The molecular weight excluding hydrogens is 785 g/mol. The lowest BCUT2D eigenvalue weighted by atomic mass is 10.0. The van der Waals surface area contributed by atoms with E-state index in [-0.39, 0.29) is 0 Å². The third kappa shape index (κ3) is 26.4. The Labute approximate surface area is 393 Å². The number of unbranched alkanes of at least 4 members (excludes halogenated alkanes) is 29. The van der Waals surface area contributed by atoms with Crippen LogP contribution in [0.5, 0.6) is 11.5 Å². The third-order valence-corrected chi connectivity index (χ3v) is 13.2. The summed E-state index contributed by atoms with van der Waals surface area (Å²) in [4.78, 5) is 0. The predicted molar refractivity (Wildman–Crippen MR) is 270 cm³/mol. The Morgan fingerprint density at radius 2 is 0.625 bits per heavy atom. The molecule has 0 saturated heterocycles. The molecule has 0 spiro atoms. The second-order valence-electron chi connectivity index (χ2n) is 19.2. The molecule has 6 nitrogen and oxygen atoms in total. The molecule has 4 rings (SSSR count). The second-order valence-corrected chi connectivity index (χ2v) is 19.2. The SMILES string of the molecule is CCCCCCCCCCCCCCCCOc1ccc(C[n+]2ccn(CCCCCCn3cc[n+](Cc4ccc(OCCCCCCCCCCCCCCCC)cc4)c3)c2)cc1. The molecule has 0 aliphatic heterocycles. The van der Waals surface area contributed by atoms with Gasteiger partial charge in [0.15, 0.2) is 0 Å². The molecule has 0 radical (unpaired) electrons. The number of nitrogens with zero attached hydrogens (tertiary/aromatic N) is 4. The largest absolute Gasteiger partial charge is 0.494 e. The van der Waals surface area contributed by atoms with Crippen molar-refractivity contribution in [1.29, 1.82) is 0 Å². The number of ether oxygens (including phenoxy) is 2. The maximum absolute atomic E-state index is 6.06. The number of aromatic nitrogens is 4. The average molecular weight is 881 g/mol. The second kappa shape index (κ2) is 36.7. The van der Waals surface area contributed by atoms with Crippen LogP contribution in [0, 0.1) is 0 Å². The van der Waals surface area contributed by atoms with Gasteiger partial charge in [-0.15, -0.1) is 0 Å². The molecule has 0 amide bonds. The molecular formula is C58H96N4O2+2. The summed E-state index contributed by atoms with van der Waals surface area (Å²) in [5, 5.41) is 0. The van der Waals surface area contributed by atoms with Crippen molar-refractivity contribution in [3.63, 3.8) is 0 Å². The number of imidazole rings is 2. The highest BCUT2D eigenvalue weighted by Crippen LogP contribution is 2.18. The molecule has 6 heteroatoms. The minimum absolute atomic E-state index is 0.827. The monoisotopic (exact) mass is 881 g/mol. The van der Waals surface area contributed by atoms with E-state index >= 15 is 0 Å². The van der Waals surface area contributed by atoms with Gasteiger partial charge in [-0.05, 0) is 73.9 Å². The summed E-state index contributed by atoms with van der Waals surface area (Å²) >= 11 is 0. The Kier molecular flexibility index (Phi) is 30.4. The topological polar surface area (TPSA) is 36.1 Å². The molecule has 2 aromatic carbocycles. The fraction of sp³-hybridized carbons (Fsp3) is 0.690. The molecule has 0 saturated carbocycles. The van der Waals surface area contributed by atoms with Gasteiger partial charge in [-0.3, -0.25) is 0 Å². The number of rotatable bonds is 43. The van der Waals surface area contributed by atoms with Crippen LogP contribution >= 0.6 is 0 Å². The molecule has 358 valence electrons. The fourth-order valence-electron chi connectivity index (χ4n) is 9.05. The highest BCUT2D eigenvalue weighted by atomic mass is 16.5. The van der Waals surface area contributed by atoms with Gasteiger partial charge in [0.1, 0.15) is 49.4 Å². The Morgan fingerprint density at radius 3 is 0.938 bits per heavy atom. The summed E-state index contributed by atoms with van der Waals surface area (Å²) in [5.74, 6) is 1.99. The van der Waals surface area contributed by atoms with E-state index in [2.05, 4.69) is 118 Å². The normalized spacial score (nSPS) is 11.5. The maximum atomic E-state index is 6.06. The van der Waals surface area contributed by atoms with Crippen LogP contribution in [-0.4, -0.2) is 22.3 Å². The van der Waals surface area contributed by atoms with Gasteiger partial charge in [0, 0.05) is 0 Å². The van der Waals surface area contributed by atoms with Gasteiger partial charge in [-0.25, -0.2) is 18.3 Å². The lowest BCUT2D eigenvalue weighted by Crippen LogP contribution is -2.31. The van der Waals surface area contributed by atoms with Crippen LogP contribution < -0.4 is 18.6 Å². The molecule has 4 aromatic rings. The Hall–Kier alpha value is -3.54. The molecule has 0 unspecified atom stereocenters. The van der Waals surface area contributed by atoms with E-state index in [4.69, 9.17) is 9.47 Å². The van der Waals surface area contributed by atoms with Gasteiger partial charge in [-0.1, -0.05) is 205 Å². The minimum atomic E-state index is 0.827. The quantitative estimate of drug-likeness (QED) is 0.0328. The predicted octanol–water partition coefficient (Wildman–Crippen LogP) is 15.9. The lowest BCUT2D eigenvalue weighted by molar-refractivity contribution is -0.688. The van der Waals surface area contributed by atoms with Gasteiger partial charge in [-0.2, -0.15) is 0 Å². The lowest BCUT2D eigenvalue weighted by Gasteiger charge is -2.07. The van der Waals surface area contributed by atoms with Crippen molar-refractivity contribution in [3.05, 3.63) is 97.1 Å². The Bertz CT molecular complexity index is 1500. The summed E-state index contributed by atoms with van der Waals surface area (Å²) < 4.78 is 21.4. The van der Waals surface area contributed by atoms with E-state index in [1.807, 2.05) is 0 Å². The van der Waals surface area contributed by atoms with Crippen LogP contribution in [-0.2, 0) is 26.2 Å². The molecule has 0 atom stereocenters. The van der Waals surface area contributed by atoms with Crippen molar-refractivity contribution in [2.75, 3.05) is 13.2 Å². The molecule has 64 heavy (non-hydrogen) atoms. The van der Waals surface area contributed by atoms with Crippen LogP contribution in [0.1, 0.15) is 230 Å². The van der Waals surface area contributed by atoms with E-state index in [0.29, 0.717) is 0 Å². The molecule has 0 aliphatic carbocycles. The summed E-state index contributed by atoms with van der Waals surface area (Å²) in [6.45, 7) is 10.2. The summed E-state index contributed by atoms with van der Waals surface area (Å²) in [5.41, 5.74) is 2.62. The Balaban J connectivity index is 0.936. The number of hydrogen-bond acceptors (Lipinski definition) is 2. The van der Waals surface area contributed by atoms with Gasteiger partial charge >= 0.3 is 0 Å². The molecule has 0 aliphatic rings. The molecule has 0 N–H and O–H groups in total. The van der Waals surface area contributed by atoms with Gasteiger partial charge < -0.3 is 9.47 Å². The Morgan fingerprint density at radius 1 is 0.344 bits per heavy atom. The van der Waals surface area contributed by atoms with Crippen molar-refractivity contribution in [1.82, 2.24) is 9.13 Å². The molecule has 0 fully saturated rings. The van der Waals surface area contributed by atoms with Gasteiger partial charge in [0.05, 0.1) is 26.3 Å². The molecule has 2 heterocycles. The maximum Gasteiger partial charge on any atom is 0.244 e. The van der Waals surface area contributed by atoms with E-state index < -0.39 is 0 Å². The van der Waals surface area contributed by atoms with Crippen molar-refractivity contribution in [2.24, 2.45) is 0 Å². The first-order valence-electron chi connectivity index (χ1n) is 27.2. The summed E-state index contributed by atoms with van der Waals surface area (Å²) in [6, 6.07) is 17.4. The van der Waals surface area contributed by atoms with E-state index in [1.165, 1.54) is 204 Å². The van der Waals surface area contributed by atoms with E-state index in [0.717, 1.165) is 63.7 Å². The zero-order valence-corrected chi connectivity index (χ0v) is 41.6. The number of benzene rings is 2. The van der Waals surface area contributed by atoms with E-state index in [1.54, 1.807) is 0 Å². The summed E-state index contributed by atoms with van der Waals surface area (Å²) in [6.07, 6.45) is 57.1.